The minimum absolute atomic E-state index is 0.0300. The zero-order valence-electron chi connectivity index (χ0n) is 23.9. The summed E-state index contributed by atoms with van der Waals surface area (Å²) in [6.07, 6.45) is 3.02. The van der Waals surface area contributed by atoms with E-state index in [-0.39, 0.29) is 36.1 Å². The van der Waals surface area contributed by atoms with E-state index in [0.717, 1.165) is 17.6 Å². The Bertz CT molecular complexity index is 1470. The van der Waals surface area contributed by atoms with Gasteiger partial charge in [0.1, 0.15) is 12.0 Å². The third-order valence-electron chi connectivity index (χ3n) is 7.24. The van der Waals surface area contributed by atoms with Gasteiger partial charge in [-0.05, 0) is 51.0 Å². The van der Waals surface area contributed by atoms with Gasteiger partial charge in [0.15, 0.2) is 5.76 Å². The molecule has 3 atom stereocenters. The molecule has 13 heteroatoms. The predicted molar refractivity (Wildman–Crippen MR) is 155 cm³/mol. The van der Waals surface area contributed by atoms with E-state index in [0.29, 0.717) is 37.4 Å². The largest absolute Gasteiger partial charge is 0.459 e. The molecule has 0 saturated carbocycles. The fourth-order valence-corrected chi connectivity index (χ4v) is 5.12. The summed E-state index contributed by atoms with van der Waals surface area (Å²) < 4.78 is 15.4. The third-order valence-corrected chi connectivity index (χ3v) is 7.24. The van der Waals surface area contributed by atoms with Gasteiger partial charge in [-0.2, -0.15) is 0 Å². The summed E-state index contributed by atoms with van der Waals surface area (Å²) >= 11 is 0. The number of rotatable bonds is 13. The van der Waals surface area contributed by atoms with Gasteiger partial charge in [0.05, 0.1) is 10.6 Å². The predicted octanol–water partition coefficient (Wildman–Crippen LogP) is 2.76. The Morgan fingerprint density at radius 2 is 1.98 bits per heavy atom. The number of carbonyl (C=O) groups excluding carboxylic acids is 1. The van der Waals surface area contributed by atoms with Gasteiger partial charge < -0.3 is 25.2 Å². The van der Waals surface area contributed by atoms with Crippen molar-refractivity contribution in [2.24, 2.45) is 13.0 Å². The lowest BCUT2D eigenvalue weighted by atomic mass is 9.80. The first-order chi connectivity index (χ1) is 20.3. The molecule has 0 radical (unpaired) electrons. The van der Waals surface area contributed by atoms with Crippen LogP contribution in [0.4, 0.5) is 11.5 Å². The molecule has 0 aliphatic carbocycles. The lowest BCUT2D eigenvalue weighted by molar-refractivity contribution is -0.385. The van der Waals surface area contributed by atoms with Gasteiger partial charge >= 0.3 is 0 Å². The summed E-state index contributed by atoms with van der Waals surface area (Å²) in [5, 5.41) is 26.2. The molecule has 0 fully saturated rings. The summed E-state index contributed by atoms with van der Waals surface area (Å²) in [5.41, 5.74) is 1.68. The highest BCUT2D eigenvalue weighted by molar-refractivity contribution is 5.91. The smallest absolute Gasteiger partial charge is 0.287 e. The van der Waals surface area contributed by atoms with E-state index in [4.69, 9.17) is 9.47 Å². The van der Waals surface area contributed by atoms with Crippen molar-refractivity contribution >= 4 is 17.4 Å². The average Bonchev–Trinajstić information content (AvgIpc) is 3.21. The van der Waals surface area contributed by atoms with Crippen molar-refractivity contribution in [3.63, 3.8) is 0 Å². The van der Waals surface area contributed by atoms with Crippen LogP contribution in [0.1, 0.15) is 36.9 Å². The number of aliphatic hydroxyl groups is 1. The summed E-state index contributed by atoms with van der Waals surface area (Å²) in [7, 11) is 1.82. The molecule has 13 nitrogen and oxygen atoms in total. The van der Waals surface area contributed by atoms with Crippen LogP contribution in [0.3, 0.4) is 0 Å². The maximum Gasteiger partial charge on any atom is 0.287 e. The number of aromatic nitrogens is 3. The van der Waals surface area contributed by atoms with E-state index < -0.39 is 23.0 Å². The van der Waals surface area contributed by atoms with Gasteiger partial charge in [0.25, 0.3) is 17.2 Å². The molecule has 1 aliphatic rings. The van der Waals surface area contributed by atoms with Crippen molar-refractivity contribution in [2.45, 2.75) is 38.9 Å². The van der Waals surface area contributed by atoms with Crippen LogP contribution in [0.2, 0.25) is 0 Å². The highest BCUT2D eigenvalue weighted by Gasteiger charge is 2.40. The quantitative estimate of drug-likeness (QED) is 0.157. The maximum absolute atomic E-state index is 13.9. The molecule has 224 valence electrons. The van der Waals surface area contributed by atoms with Crippen LogP contribution in [-0.2, 0) is 21.3 Å². The van der Waals surface area contributed by atoms with Gasteiger partial charge in [-0.15, -0.1) is 0 Å². The topological polar surface area (TPSA) is 163 Å². The van der Waals surface area contributed by atoms with Crippen molar-refractivity contribution in [2.75, 3.05) is 31.6 Å². The Labute approximate surface area is 242 Å². The van der Waals surface area contributed by atoms with E-state index in [9.17, 15) is 24.8 Å². The van der Waals surface area contributed by atoms with Crippen molar-refractivity contribution in [1.29, 1.82) is 0 Å². The zero-order valence-corrected chi connectivity index (χ0v) is 23.9. The minimum atomic E-state index is -0.802. The second kappa shape index (κ2) is 13.9. The molecule has 1 aliphatic heterocycles. The summed E-state index contributed by atoms with van der Waals surface area (Å²) in [5.74, 6) is -0.822. The molecule has 2 aromatic heterocycles. The molecule has 0 saturated heterocycles. The number of benzene rings is 1. The molecule has 1 amide bonds. The number of anilines is 1. The first-order valence-electron chi connectivity index (χ1n) is 13.8. The molecule has 0 bridgehead atoms. The average molecular weight is 581 g/mol. The highest BCUT2D eigenvalue weighted by atomic mass is 16.7. The SMILES string of the molecule is CCO[C@H]1OC(C(=O)NCCNc2ccc([N+](=O)[O-])cn2)=C[C@@H](c2c(C)n(C)n(-c3ccccc3)c2=O)[C@H]1CCCO. The van der Waals surface area contributed by atoms with E-state index >= 15 is 0 Å². The van der Waals surface area contributed by atoms with Crippen LogP contribution in [0.15, 0.2) is 65.3 Å². The van der Waals surface area contributed by atoms with Crippen LogP contribution in [0.5, 0.6) is 0 Å². The Balaban J connectivity index is 1.59. The number of nitrogens with zero attached hydrogens (tertiary/aromatic N) is 4. The lowest BCUT2D eigenvalue weighted by Crippen LogP contribution is -2.41. The molecule has 0 spiro atoms. The number of carbonyl (C=O) groups is 1. The van der Waals surface area contributed by atoms with Crippen LogP contribution < -0.4 is 16.2 Å². The van der Waals surface area contributed by atoms with E-state index in [1.807, 2.05) is 51.2 Å². The monoisotopic (exact) mass is 580 g/mol. The van der Waals surface area contributed by atoms with E-state index in [1.54, 1.807) is 15.4 Å². The molecule has 1 aromatic carbocycles. The number of para-hydroxylation sites is 1. The number of ether oxygens (including phenoxy) is 2. The summed E-state index contributed by atoms with van der Waals surface area (Å²) in [4.78, 5) is 41.4. The minimum Gasteiger partial charge on any atom is -0.459 e. The number of allylic oxidation sites excluding steroid dienone is 1. The molecular weight excluding hydrogens is 544 g/mol. The Morgan fingerprint density at radius 3 is 2.62 bits per heavy atom. The zero-order chi connectivity index (χ0) is 30.2. The number of amides is 1. The second-order valence-corrected chi connectivity index (χ2v) is 9.84. The molecule has 0 unspecified atom stereocenters. The number of hydrogen-bond acceptors (Lipinski definition) is 9. The number of hydrogen-bond donors (Lipinski definition) is 3. The second-order valence-electron chi connectivity index (χ2n) is 9.84. The Kier molecular flexibility index (Phi) is 10.1. The molecule has 42 heavy (non-hydrogen) atoms. The standard InChI is InChI=1S/C29H36N6O7/c1-4-41-29-22(11-8-16-36)23(26-19(2)33(3)34(28(26)38)20-9-6-5-7-10-20)17-24(42-29)27(37)31-15-14-30-25-13-12-21(18-32-25)35(39)40/h5-7,9-10,12-13,17-18,22-23,29,36H,4,8,11,14-16H2,1-3H3,(H,30,32)(H,31,37)/t22-,23-,29+/m1/s1. The number of pyridine rings is 1. The normalized spacial score (nSPS) is 18.2. The van der Waals surface area contributed by atoms with Gasteiger partial charge in [-0.3, -0.25) is 24.4 Å². The lowest BCUT2D eigenvalue weighted by Gasteiger charge is -2.36. The van der Waals surface area contributed by atoms with Crippen molar-refractivity contribution in [3.05, 3.63) is 92.2 Å². The van der Waals surface area contributed by atoms with Crippen LogP contribution in [-0.4, -0.2) is 62.9 Å². The van der Waals surface area contributed by atoms with Crippen molar-refractivity contribution in [3.8, 4) is 5.69 Å². The van der Waals surface area contributed by atoms with Crippen LogP contribution >= 0.6 is 0 Å². The molecule has 3 heterocycles. The van der Waals surface area contributed by atoms with E-state index in [1.165, 1.54) is 12.1 Å². The highest BCUT2D eigenvalue weighted by Crippen LogP contribution is 2.39. The van der Waals surface area contributed by atoms with Gasteiger partial charge in [0, 0.05) is 62.5 Å². The number of nitro groups is 1. The first-order valence-corrected chi connectivity index (χ1v) is 13.8. The van der Waals surface area contributed by atoms with Crippen LogP contribution in [0.25, 0.3) is 5.69 Å². The maximum atomic E-state index is 13.9. The fraction of sp³-hybridized carbons (Fsp3) is 0.414. The first kappa shape index (κ1) is 30.5. The van der Waals surface area contributed by atoms with Gasteiger partial charge in [0.2, 0.25) is 6.29 Å². The van der Waals surface area contributed by atoms with Gasteiger partial charge in [-0.25, -0.2) is 9.67 Å². The van der Waals surface area contributed by atoms with E-state index in [2.05, 4.69) is 15.6 Å². The summed E-state index contributed by atoms with van der Waals surface area (Å²) in [6.45, 7) is 4.51. The fourth-order valence-electron chi connectivity index (χ4n) is 5.12. The third kappa shape index (κ3) is 6.69. The summed E-state index contributed by atoms with van der Waals surface area (Å²) in [6, 6.07) is 12.2. The van der Waals surface area contributed by atoms with Crippen molar-refractivity contribution < 1.29 is 24.3 Å². The Hall–Kier alpha value is -4.49. The molecule has 3 N–H and O–H groups in total. The Morgan fingerprint density at radius 1 is 1.21 bits per heavy atom. The van der Waals surface area contributed by atoms with Gasteiger partial charge in [-0.1, -0.05) is 18.2 Å². The molecule has 4 rings (SSSR count). The van der Waals surface area contributed by atoms with Crippen molar-refractivity contribution in [1.82, 2.24) is 19.7 Å². The van der Waals surface area contributed by atoms with Crippen LogP contribution in [0, 0.1) is 23.0 Å². The molecular formula is C29H36N6O7. The number of nitrogens with one attached hydrogen (secondary N) is 2. The molecule has 3 aromatic rings. The number of aliphatic hydroxyl groups excluding tert-OH is 1.